The number of carboxylic acid groups (broad SMARTS) is 2. The second-order valence-corrected chi connectivity index (χ2v) is 6.04. The summed E-state index contributed by atoms with van der Waals surface area (Å²) in [5, 5.41) is 20.4. The molecule has 1 saturated carbocycles. The fourth-order valence-electron chi connectivity index (χ4n) is 2.83. The standard InChI is InChI=1S/C10H14O4.C8H6O4/c11-9-7-1-2-8(4-3-7)10(12)14-6-5-13-9;9-7(10)5-1-2-6(4-3-5)8(11)12/h7-8H,1-6H2;1-4H,(H,9,10)(H,11,12)/p-2. The number of carboxylic acids is 2. The highest BCUT2D eigenvalue weighted by Gasteiger charge is 2.32. The summed E-state index contributed by atoms with van der Waals surface area (Å²) in [6.07, 6.45) is 3.05. The molecule has 2 heterocycles. The van der Waals surface area contributed by atoms with Gasteiger partial charge in [-0.25, -0.2) is 0 Å². The van der Waals surface area contributed by atoms with E-state index in [0.717, 1.165) is 49.9 Å². The van der Waals surface area contributed by atoms with Crippen LogP contribution in [0.5, 0.6) is 0 Å². The molecule has 0 atom stereocenters. The molecule has 0 amide bonds. The maximum absolute atomic E-state index is 11.4. The van der Waals surface area contributed by atoms with Gasteiger partial charge in [0, 0.05) is 0 Å². The SMILES string of the molecule is O=C([O-])c1ccc(C(=O)[O-])cc1.O=C1OCCOC(=O)C2CCC1CC2. The lowest BCUT2D eigenvalue weighted by Crippen LogP contribution is -2.31. The van der Waals surface area contributed by atoms with E-state index in [0.29, 0.717) is 0 Å². The average molecular weight is 362 g/mol. The first-order valence-electron chi connectivity index (χ1n) is 8.24. The minimum Gasteiger partial charge on any atom is -0.545 e. The number of carbonyl (C=O) groups is 4. The molecule has 2 saturated heterocycles. The molecule has 0 N–H and O–H groups in total. The molecule has 0 radical (unpaired) electrons. The third-order valence-electron chi connectivity index (χ3n) is 4.32. The van der Waals surface area contributed by atoms with E-state index in [9.17, 15) is 29.4 Å². The van der Waals surface area contributed by atoms with E-state index >= 15 is 0 Å². The fraction of sp³-hybridized carbons (Fsp3) is 0.444. The van der Waals surface area contributed by atoms with Crippen LogP contribution in [0.2, 0.25) is 0 Å². The number of fused-ring (bicyclic) bond motifs is 7. The zero-order valence-corrected chi connectivity index (χ0v) is 14.0. The van der Waals surface area contributed by atoms with Crippen molar-refractivity contribution < 1.29 is 38.9 Å². The quantitative estimate of drug-likeness (QED) is 0.631. The molecule has 140 valence electrons. The van der Waals surface area contributed by atoms with Gasteiger partial charge in [0.05, 0.1) is 23.8 Å². The summed E-state index contributed by atoms with van der Waals surface area (Å²) in [5.41, 5.74) is -0.111. The van der Waals surface area contributed by atoms with Crippen LogP contribution in [0, 0.1) is 11.8 Å². The molecule has 8 nitrogen and oxygen atoms in total. The maximum atomic E-state index is 11.4. The van der Waals surface area contributed by atoms with E-state index in [1.54, 1.807) is 0 Å². The predicted molar refractivity (Wildman–Crippen MR) is 82.5 cm³/mol. The number of rotatable bonds is 2. The van der Waals surface area contributed by atoms with Crippen molar-refractivity contribution in [3.05, 3.63) is 35.4 Å². The summed E-state index contributed by atoms with van der Waals surface area (Å²) in [6.45, 7) is 0.404. The highest BCUT2D eigenvalue weighted by atomic mass is 16.6. The minimum atomic E-state index is -1.33. The van der Waals surface area contributed by atoms with Crippen LogP contribution in [-0.2, 0) is 19.1 Å². The highest BCUT2D eigenvalue weighted by Crippen LogP contribution is 2.30. The molecular formula is C18H18O8-2. The first kappa shape index (κ1) is 19.4. The van der Waals surface area contributed by atoms with Gasteiger partial charge in [-0.15, -0.1) is 0 Å². The Labute approximate surface area is 149 Å². The van der Waals surface area contributed by atoms with E-state index in [1.807, 2.05) is 0 Å². The smallest absolute Gasteiger partial charge is 0.309 e. The Morgan fingerprint density at radius 1 is 0.731 bits per heavy atom. The second-order valence-electron chi connectivity index (χ2n) is 6.04. The Hall–Kier alpha value is -2.90. The van der Waals surface area contributed by atoms with Crippen LogP contribution >= 0.6 is 0 Å². The zero-order valence-electron chi connectivity index (χ0n) is 14.0. The van der Waals surface area contributed by atoms with Gasteiger partial charge in [-0.3, -0.25) is 9.59 Å². The third kappa shape index (κ3) is 5.30. The maximum Gasteiger partial charge on any atom is 0.309 e. The second kappa shape index (κ2) is 8.98. The summed E-state index contributed by atoms with van der Waals surface area (Å²) in [5.74, 6) is -2.89. The van der Waals surface area contributed by atoms with E-state index in [1.165, 1.54) is 0 Å². The van der Waals surface area contributed by atoms with E-state index < -0.39 is 11.9 Å². The van der Waals surface area contributed by atoms with Crippen LogP contribution in [0.25, 0.3) is 0 Å². The van der Waals surface area contributed by atoms with Gasteiger partial charge in [-0.2, -0.15) is 0 Å². The van der Waals surface area contributed by atoms with Crippen LogP contribution in [0.4, 0.5) is 0 Å². The lowest BCUT2D eigenvalue weighted by Gasteiger charge is -2.27. The summed E-state index contributed by atoms with van der Waals surface area (Å²) in [4.78, 5) is 43.2. The molecule has 2 bridgehead atoms. The van der Waals surface area contributed by atoms with Gasteiger partial charge in [0.15, 0.2) is 0 Å². The summed E-state index contributed by atoms with van der Waals surface area (Å²) < 4.78 is 9.96. The molecular weight excluding hydrogens is 344 g/mol. The van der Waals surface area contributed by atoms with Crippen molar-refractivity contribution in [2.75, 3.05) is 13.2 Å². The fourth-order valence-corrected chi connectivity index (χ4v) is 2.83. The van der Waals surface area contributed by atoms with Gasteiger partial charge < -0.3 is 29.3 Å². The molecule has 3 aliphatic rings. The molecule has 3 fully saturated rings. The Balaban J connectivity index is 0.000000190. The molecule has 0 spiro atoms. The first-order chi connectivity index (χ1) is 12.4. The molecule has 2 aliphatic heterocycles. The Kier molecular flexibility index (Phi) is 6.71. The molecule has 8 heteroatoms. The molecule has 1 aromatic carbocycles. The average Bonchev–Trinajstić information content (AvgIpc) is 2.65. The lowest BCUT2D eigenvalue weighted by molar-refractivity contribution is -0.256. The number of benzene rings is 1. The number of carbonyl (C=O) groups excluding carboxylic acids is 4. The van der Waals surface area contributed by atoms with Crippen LogP contribution in [0.1, 0.15) is 46.4 Å². The van der Waals surface area contributed by atoms with Crippen molar-refractivity contribution in [3.8, 4) is 0 Å². The molecule has 0 aromatic heterocycles. The van der Waals surface area contributed by atoms with Gasteiger partial charge in [0.2, 0.25) is 0 Å². The van der Waals surface area contributed by atoms with Gasteiger partial charge >= 0.3 is 11.9 Å². The number of hydrogen-bond donors (Lipinski definition) is 0. The van der Waals surface area contributed by atoms with Crippen LogP contribution in [-0.4, -0.2) is 37.1 Å². The van der Waals surface area contributed by atoms with Crippen LogP contribution < -0.4 is 10.2 Å². The molecule has 0 unspecified atom stereocenters. The van der Waals surface area contributed by atoms with Crippen molar-refractivity contribution in [1.82, 2.24) is 0 Å². The van der Waals surface area contributed by atoms with Gasteiger partial charge in [0.1, 0.15) is 13.2 Å². The first-order valence-corrected chi connectivity index (χ1v) is 8.24. The lowest BCUT2D eigenvalue weighted by atomic mass is 9.82. The van der Waals surface area contributed by atoms with Crippen LogP contribution in [0.3, 0.4) is 0 Å². The Morgan fingerprint density at radius 3 is 1.31 bits per heavy atom. The third-order valence-corrected chi connectivity index (χ3v) is 4.32. The van der Waals surface area contributed by atoms with E-state index in [2.05, 4.69) is 0 Å². The van der Waals surface area contributed by atoms with Gasteiger partial charge in [-0.1, -0.05) is 24.3 Å². The van der Waals surface area contributed by atoms with Crippen LogP contribution in [0.15, 0.2) is 24.3 Å². The van der Waals surface area contributed by atoms with Gasteiger partial charge in [0.25, 0.3) is 0 Å². The highest BCUT2D eigenvalue weighted by molar-refractivity contribution is 5.89. The van der Waals surface area contributed by atoms with Gasteiger partial charge in [-0.05, 0) is 36.8 Å². The molecule has 4 rings (SSSR count). The minimum absolute atomic E-state index is 0.0112. The topological polar surface area (TPSA) is 133 Å². The Bertz CT molecular complexity index is 612. The molecule has 26 heavy (non-hydrogen) atoms. The van der Waals surface area contributed by atoms with Crippen molar-refractivity contribution >= 4 is 23.9 Å². The molecule has 1 aromatic rings. The number of esters is 2. The van der Waals surface area contributed by atoms with E-state index in [-0.39, 0.29) is 48.1 Å². The summed E-state index contributed by atoms with van der Waals surface area (Å²) >= 11 is 0. The number of aromatic carboxylic acids is 2. The Morgan fingerprint density at radius 2 is 1.04 bits per heavy atom. The summed E-state index contributed by atoms with van der Waals surface area (Å²) in [6, 6.07) is 4.61. The monoisotopic (exact) mass is 362 g/mol. The number of ether oxygens (including phenoxy) is 2. The largest absolute Gasteiger partial charge is 0.545 e. The zero-order chi connectivity index (χ0) is 19.1. The number of hydrogen-bond acceptors (Lipinski definition) is 8. The van der Waals surface area contributed by atoms with Crippen molar-refractivity contribution in [2.45, 2.75) is 25.7 Å². The predicted octanol–water partition coefficient (Wildman–Crippen LogP) is -0.694. The van der Waals surface area contributed by atoms with Crippen molar-refractivity contribution in [3.63, 3.8) is 0 Å². The van der Waals surface area contributed by atoms with E-state index in [4.69, 9.17) is 9.47 Å². The van der Waals surface area contributed by atoms with Crippen molar-refractivity contribution in [2.24, 2.45) is 11.8 Å². The van der Waals surface area contributed by atoms with Crippen molar-refractivity contribution in [1.29, 1.82) is 0 Å². The summed E-state index contributed by atoms with van der Waals surface area (Å²) in [7, 11) is 0. The molecule has 1 aliphatic carbocycles. The normalized spacial score (nSPS) is 22.3.